The molecule has 0 amide bonds. The predicted molar refractivity (Wildman–Crippen MR) is 64.2 cm³/mol. The van der Waals surface area contributed by atoms with Crippen LogP contribution in [0.25, 0.3) is 0 Å². The van der Waals surface area contributed by atoms with Crippen molar-refractivity contribution in [3.63, 3.8) is 0 Å². The Bertz CT molecular complexity index is 430. The van der Waals surface area contributed by atoms with E-state index in [2.05, 4.69) is 6.92 Å². The quantitative estimate of drug-likeness (QED) is 0.646. The molecule has 1 heterocycles. The molecule has 3 atom stereocenters. The van der Waals surface area contributed by atoms with Crippen molar-refractivity contribution in [2.45, 2.75) is 52.7 Å². The highest BCUT2D eigenvalue weighted by molar-refractivity contribution is 6.04. The second-order valence-electron chi connectivity index (χ2n) is 6.09. The number of hydrogen-bond acceptors (Lipinski definition) is 3. The molecule has 92 valence electrons. The number of carbonyl (C=O) groups is 1. The zero-order chi connectivity index (χ0) is 12.8. The maximum absolute atomic E-state index is 12.2. The number of carbonyl (C=O) groups excluding carboxylic acids is 1. The molecule has 0 N–H and O–H groups in total. The summed E-state index contributed by atoms with van der Waals surface area (Å²) in [5, 5.41) is 9.07. The number of rotatable bonds is 0. The van der Waals surface area contributed by atoms with Crippen LogP contribution in [0.5, 0.6) is 0 Å². The summed E-state index contributed by atoms with van der Waals surface area (Å²) in [7, 11) is 0. The van der Waals surface area contributed by atoms with Gasteiger partial charge in [0.05, 0.1) is 23.2 Å². The van der Waals surface area contributed by atoms with Crippen LogP contribution in [0.3, 0.4) is 0 Å². The van der Waals surface area contributed by atoms with Crippen LogP contribution in [0.1, 0.15) is 40.5 Å². The van der Waals surface area contributed by atoms with Gasteiger partial charge in [-0.15, -0.1) is 0 Å². The topological polar surface area (TPSA) is 50.1 Å². The molecular weight excluding hydrogens is 214 g/mol. The first-order valence-corrected chi connectivity index (χ1v) is 6.14. The van der Waals surface area contributed by atoms with E-state index >= 15 is 0 Å². The Morgan fingerprint density at radius 3 is 2.71 bits per heavy atom. The molecule has 3 nitrogen and oxygen atoms in total. The zero-order valence-electron chi connectivity index (χ0n) is 10.9. The van der Waals surface area contributed by atoms with E-state index in [0.29, 0.717) is 5.57 Å². The Kier molecular flexibility index (Phi) is 2.67. The molecule has 2 aliphatic rings. The van der Waals surface area contributed by atoms with Gasteiger partial charge in [-0.25, -0.2) is 0 Å². The molecule has 3 heteroatoms. The highest BCUT2D eigenvalue weighted by atomic mass is 16.5. The fourth-order valence-corrected chi connectivity index (χ4v) is 3.19. The molecule has 1 aliphatic heterocycles. The van der Waals surface area contributed by atoms with E-state index in [1.165, 1.54) is 0 Å². The van der Waals surface area contributed by atoms with Crippen LogP contribution < -0.4 is 0 Å². The highest BCUT2D eigenvalue weighted by Crippen LogP contribution is 2.50. The summed E-state index contributed by atoms with van der Waals surface area (Å²) in [6, 6.07) is 2.03. The maximum atomic E-state index is 12.2. The van der Waals surface area contributed by atoms with E-state index < -0.39 is 5.41 Å². The van der Waals surface area contributed by atoms with Gasteiger partial charge in [-0.05, 0) is 33.6 Å². The number of nitriles is 1. The van der Waals surface area contributed by atoms with E-state index in [1.807, 2.05) is 32.9 Å². The first kappa shape index (κ1) is 12.3. The van der Waals surface area contributed by atoms with Crippen molar-refractivity contribution in [3.8, 4) is 6.07 Å². The van der Waals surface area contributed by atoms with Gasteiger partial charge in [0, 0.05) is 5.41 Å². The Labute approximate surface area is 102 Å². The number of allylic oxidation sites excluding steroid dienone is 1. The monoisotopic (exact) mass is 233 g/mol. The van der Waals surface area contributed by atoms with Gasteiger partial charge in [0.1, 0.15) is 6.07 Å². The lowest BCUT2D eigenvalue weighted by atomic mass is 9.60. The van der Waals surface area contributed by atoms with Crippen LogP contribution in [0.15, 0.2) is 11.6 Å². The van der Waals surface area contributed by atoms with Crippen LogP contribution in [0, 0.1) is 22.2 Å². The molecule has 0 aromatic rings. The fraction of sp³-hybridized carbons (Fsp3) is 0.714. The van der Waals surface area contributed by atoms with Crippen molar-refractivity contribution in [2.24, 2.45) is 10.8 Å². The molecule has 1 aliphatic carbocycles. The normalized spacial score (nSPS) is 40.2. The van der Waals surface area contributed by atoms with Crippen molar-refractivity contribution < 1.29 is 9.53 Å². The molecule has 1 fully saturated rings. The lowest BCUT2D eigenvalue weighted by molar-refractivity contribution is -0.167. The maximum Gasteiger partial charge on any atom is 0.181 e. The zero-order valence-corrected chi connectivity index (χ0v) is 10.9. The Hall–Kier alpha value is -1.14. The molecule has 2 rings (SSSR count). The molecule has 1 saturated heterocycles. The van der Waals surface area contributed by atoms with Gasteiger partial charge >= 0.3 is 0 Å². The van der Waals surface area contributed by atoms with Gasteiger partial charge in [0.15, 0.2) is 5.78 Å². The standard InChI is InChI=1S/C14H19NO2/c1-9-5-6-14(4)7-10(8-15)11(16)13(2,3)12(14)17-9/h7,9,12H,5-6H2,1-4H3/t9-,12+,14+/m0/s1. The molecule has 17 heavy (non-hydrogen) atoms. The molecule has 0 aromatic carbocycles. The predicted octanol–water partition coefficient (Wildman–Crippen LogP) is 2.62. The van der Waals surface area contributed by atoms with E-state index in [4.69, 9.17) is 10.00 Å². The minimum atomic E-state index is -0.608. The summed E-state index contributed by atoms with van der Waals surface area (Å²) in [5.41, 5.74) is -0.495. The minimum Gasteiger partial charge on any atom is -0.373 e. The summed E-state index contributed by atoms with van der Waals surface area (Å²) in [6.45, 7) is 7.92. The van der Waals surface area contributed by atoms with Crippen LogP contribution in [-0.4, -0.2) is 18.0 Å². The number of fused-ring (bicyclic) bond motifs is 1. The van der Waals surface area contributed by atoms with E-state index in [1.54, 1.807) is 0 Å². The average Bonchev–Trinajstić information content (AvgIpc) is 2.27. The summed E-state index contributed by atoms with van der Waals surface area (Å²) in [4.78, 5) is 12.2. The number of Topliss-reactive ketones (excluding diaryl/α,β-unsaturated/α-hetero) is 1. The summed E-state index contributed by atoms with van der Waals surface area (Å²) >= 11 is 0. The summed E-state index contributed by atoms with van der Waals surface area (Å²) in [6.07, 6.45) is 3.85. The second-order valence-corrected chi connectivity index (χ2v) is 6.09. The average molecular weight is 233 g/mol. The largest absolute Gasteiger partial charge is 0.373 e. The Morgan fingerprint density at radius 2 is 2.12 bits per heavy atom. The van der Waals surface area contributed by atoms with Crippen molar-refractivity contribution in [3.05, 3.63) is 11.6 Å². The minimum absolute atomic E-state index is 0.0865. The third-order valence-corrected chi connectivity index (χ3v) is 4.14. The van der Waals surface area contributed by atoms with E-state index in [9.17, 15) is 4.79 Å². The van der Waals surface area contributed by atoms with Gasteiger partial charge in [0.25, 0.3) is 0 Å². The van der Waals surface area contributed by atoms with Gasteiger partial charge < -0.3 is 4.74 Å². The lowest BCUT2D eigenvalue weighted by Crippen LogP contribution is -2.55. The number of hydrogen-bond donors (Lipinski definition) is 0. The van der Waals surface area contributed by atoms with Crippen LogP contribution in [0.2, 0.25) is 0 Å². The van der Waals surface area contributed by atoms with Crippen molar-refractivity contribution >= 4 is 5.78 Å². The summed E-state index contributed by atoms with van der Waals surface area (Å²) < 4.78 is 6.00. The van der Waals surface area contributed by atoms with Gasteiger partial charge in [-0.3, -0.25) is 4.79 Å². The smallest absolute Gasteiger partial charge is 0.181 e. The number of nitrogens with zero attached hydrogens (tertiary/aromatic N) is 1. The molecule has 0 saturated carbocycles. The van der Waals surface area contributed by atoms with Crippen molar-refractivity contribution in [1.82, 2.24) is 0 Å². The second kappa shape index (κ2) is 3.68. The van der Waals surface area contributed by atoms with Crippen LogP contribution in [0.4, 0.5) is 0 Å². The molecule has 0 spiro atoms. The Balaban J connectivity index is 2.51. The first-order chi connectivity index (χ1) is 7.81. The Morgan fingerprint density at radius 1 is 1.47 bits per heavy atom. The molecule has 0 aromatic heterocycles. The molecule has 0 radical (unpaired) electrons. The van der Waals surface area contributed by atoms with Crippen LogP contribution in [-0.2, 0) is 9.53 Å². The molecular formula is C14H19NO2. The fourth-order valence-electron chi connectivity index (χ4n) is 3.19. The summed E-state index contributed by atoms with van der Waals surface area (Å²) in [5.74, 6) is -0.0865. The van der Waals surface area contributed by atoms with Crippen LogP contribution >= 0.6 is 0 Å². The number of ketones is 1. The van der Waals surface area contributed by atoms with Gasteiger partial charge in [0.2, 0.25) is 0 Å². The van der Waals surface area contributed by atoms with Crippen molar-refractivity contribution in [1.29, 1.82) is 5.26 Å². The van der Waals surface area contributed by atoms with E-state index in [-0.39, 0.29) is 23.4 Å². The third kappa shape index (κ3) is 1.71. The SMILES string of the molecule is C[C@H]1CC[C@]2(C)C=C(C#N)C(=O)C(C)(C)[C@H]2O1. The van der Waals surface area contributed by atoms with Gasteiger partial charge in [-0.1, -0.05) is 13.0 Å². The number of ether oxygens (including phenoxy) is 1. The van der Waals surface area contributed by atoms with E-state index in [0.717, 1.165) is 12.8 Å². The van der Waals surface area contributed by atoms with Crippen molar-refractivity contribution in [2.75, 3.05) is 0 Å². The molecule has 0 unspecified atom stereocenters. The molecule has 0 bridgehead atoms. The first-order valence-electron chi connectivity index (χ1n) is 6.14. The lowest BCUT2D eigenvalue weighted by Gasteiger charge is -2.51. The highest BCUT2D eigenvalue weighted by Gasteiger charge is 2.54. The van der Waals surface area contributed by atoms with Gasteiger partial charge in [-0.2, -0.15) is 5.26 Å². The third-order valence-electron chi connectivity index (χ3n) is 4.14.